The van der Waals surface area contributed by atoms with Gasteiger partial charge >= 0.3 is 0 Å². The van der Waals surface area contributed by atoms with Gasteiger partial charge in [0.1, 0.15) is 10.5 Å². The van der Waals surface area contributed by atoms with Gasteiger partial charge in [-0.1, -0.05) is 25.7 Å². The van der Waals surface area contributed by atoms with Crippen LogP contribution in [-0.4, -0.2) is 16.0 Å². The van der Waals surface area contributed by atoms with Crippen molar-refractivity contribution < 1.29 is 0 Å². The van der Waals surface area contributed by atoms with E-state index in [0.29, 0.717) is 12.6 Å². The van der Waals surface area contributed by atoms with Gasteiger partial charge in [0.2, 0.25) is 0 Å². The lowest BCUT2D eigenvalue weighted by Gasteiger charge is -2.23. The van der Waals surface area contributed by atoms with Gasteiger partial charge < -0.3 is 10.3 Å². The van der Waals surface area contributed by atoms with Crippen LogP contribution in [0.4, 0.5) is 0 Å². The minimum atomic E-state index is -0.0195. The van der Waals surface area contributed by atoms with Gasteiger partial charge in [-0.3, -0.25) is 4.79 Å². The van der Waals surface area contributed by atoms with Gasteiger partial charge in [-0.15, -0.1) is 11.3 Å². The minimum Gasteiger partial charge on any atom is -0.308 e. The van der Waals surface area contributed by atoms with E-state index < -0.39 is 0 Å². The summed E-state index contributed by atoms with van der Waals surface area (Å²) in [7, 11) is 0. The fourth-order valence-electron chi connectivity index (χ4n) is 3.24. The van der Waals surface area contributed by atoms with Gasteiger partial charge in [0, 0.05) is 6.04 Å². The number of nitrogens with one attached hydrogen (secondary N) is 2. The van der Waals surface area contributed by atoms with Crippen molar-refractivity contribution in [2.75, 3.05) is 0 Å². The first kappa shape index (κ1) is 14.7. The number of fused-ring (bicyclic) bond motifs is 1. The molecule has 4 nitrogen and oxygen atoms in total. The minimum absolute atomic E-state index is 0.0195. The summed E-state index contributed by atoms with van der Waals surface area (Å²) in [5.74, 6) is 1.50. The third-order valence-corrected chi connectivity index (χ3v) is 5.46. The van der Waals surface area contributed by atoms with Crippen molar-refractivity contribution in [2.45, 2.75) is 58.0 Å². The highest BCUT2D eigenvalue weighted by Crippen LogP contribution is 2.25. The summed E-state index contributed by atoms with van der Waals surface area (Å²) in [6, 6.07) is 2.39. The molecule has 5 heteroatoms. The van der Waals surface area contributed by atoms with Crippen LogP contribution < -0.4 is 10.9 Å². The van der Waals surface area contributed by atoms with Crippen LogP contribution in [0.2, 0.25) is 0 Å². The second-order valence-electron chi connectivity index (χ2n) is 6.07. The molecule has 2 aromatic heterocycles. The van der Waals surface area contributed by atoms with Gasteiger partial charge in [0.15, 0.2) is 0 Å². The molecule has 2 heterocycles. The van der Waals surface area contributed by atoms with E-state index in [4.69, 9.17) is 0 Å². The molecule has 0 bridgehead atoms. The zero-order valence-electron chi connectivity index (χ0n) is 12.5. The van der Waals surface area contributed by atoms with Crippen LogP contribution >= 0.6 is 11.3 Å². The number of aromatic amines is 1. The Kier molecular flexibility index (Phi) is 4.70. The first-order chi connectivity index (χ1) is 10.2. The maximum absolute atomic E-state index is 11.9. The standard InChI is InChI=1S/C16H23N3OS/c1-11(12-6-4-2-3-5-7-12)17-10-14-18-13-8-9-21-15(13)16(20)19-14/h8-9,11-12,17H,2-7,10H2,1H3,(H,18,19,20)/t11-/m0/s1. The predicted molar refractivity (Wildman–Crippen MR) is 87.7 cm³/mol. The first-order valence-electron chi connectivity index (χ1n) is 7.94. The largest absolute Gasteiger partial charge is 0.308 e. The van der Waals surface area contributed by atoms with Crippen molar-refractivity contribution in [3.05, 3.63) is 27.6 Å². The molecule has 1 aliphatic rings. The quantitative estimate of drug-likeness (QED) is 0.851. The Balaban J connectivity index is 1.63. The van der Waals surface area contributed by atoms with Crippen LogP contribution in [-0.2, 0) is 6.54 Å². The molecule has 0 saturated heterocycles. The second kappa shape index (κ2) is 6.71. The summed E-state index contributed by atoms with van der Waals surface area (Å²) in [5, 5.41) is 5.47. The molecule has 0 aliphatic heterocycles. The molecule has 1 aliphatic carbocycles. The number of hydrogen-bond acceptors (Lipinski definition) is 4. The van der Waals surface area contributed by atoms with Crippen LogP contribution in [0, 0.1) is 5.92 Å². The van der Waals surface area contributed by atoms with Crippen LogP contribution in [0.1, 0.15) is 51.3 Å². The Morgan fingerprint density at radius 2 is 2.14 bits per heavy atom. The Bertz CT molecular complexity index is 640. The highest BCUT2D eigenvalue weighted by Gasteiger charge is 2.18. The Hall–Kier alpha value is -1.20. The molecule has 0 amide bonds. The molecule has 21 heavy (non-hydrogen) atoms. The maximum atomic E-state index is 11.9. The molecule has 0 aromatic carbocycles. The van der Waals surface area contributed by atoms with Crippen LogP contribution in [0.15, 0.2) is 16.2 Å². The average molecular weight is 305 g/mol. The number of nitrogens with zero attached hydrogens (tertiary/aromatic N) is 1. The van der Waals surface area contributed by atoms with E-state index >= 15 is 0 Å². The van der Waals surface area contributed by atoms with Crippen molar-refractivity contribution in [3.8, 4) is 0 Å². The van der Waals surface area contributed by atoms with Crippen LogP contribution in [0.25, 0.3) is 10.2 Å². The van der Waals surface area contributed by atoms with Gasteiger partial charge in [-0.05, 0) is 37.1 Å². The second-order valence-corrected chi connectivity index (χ2v) is 6.98. The molecule has 2 aromatic rings. The van der Waals surface area contributed by atoms with Crippen molar-refractivity contribution in [1.82, 2.24) is 15.3 Å². The van der Waals surface area contributed by atoms with E-state index in [9.17, 15) is 4.79 Å². The zero-order chi connectivity index (χ0) is 14.7. The predicted octanol–water partition coefficient (Wildman–Crippen LogP) is 3.43. The first-order valence-corrected chi connectivity index (χ1v) is 8.82. The molecule has 0 radical (unpaired) electrons. The summed E-state index contributed by atoms with van der Waals surface area (Å²) in [6.45, 7) is 2.90. The number of H-pyrrole nitrogens is 1. The van der Waals surface area contributed by atoms with Crippen molar-refractivity contribution in [2.24, 2.45) is 5.92 Å². The SMILES string of the molecule is C[C@H](NCc1nc2ccsc2c(=O)[nH]1)C1CCCCCC1. The summed E-state index contributed by atoms with van der Waals surface area (Å²) in [6.07, 6.45) is 8.11. The average Bonchev–Trinajstić information content (AvgIpc) is 2.79. The van der Waals surface area contributed by atoms with Gasteiger partial charge in [0.05, 0.1) is 12.1 Å². The molecular formula is C16H23N3OS. The van der Waals surface area contributed by atoms with Crippen molar-refractivity contribution in [1.29, 1.82) is 0 Å². The molecule has 114 valence electrons. The number of hydrogen-bond donors (Lipinski definition) is 2. The Labute approximate surface area is 129 Å². The topological polar surface area (TPSA) is 57.8 Å². The van der Waals surface area contributed by atoms with E-state index in [1.807, 2.05) is 11.4 Å². The summed E-state index contributed by atoms with van der Waals surface area (Å²) >= 11 is 1.45. The molecule has 1 fully saturated rings. The molecule has 1 atom stereocenters. The highest BCUT2D eigenvalue weighted by atomic mass is 32.1. The van der Waals surface area contributed by atoms with Gasteiger partial charge in [-0.2, -0.15) is 0 Å². The van der Waals surface area contributed by atoms with Crippen LogP contribution in [0.5, 0.6) is 0 Å². The number of aromatic nitrogens is 2. The van der Waals surface area contributed by atoms with E-state index in [0.717, 1.165) is 22.0 Å². The molecule has 3 rings (SSSR count). The Morgan fingerprint density at radius 1 is 1.38 bits per heavy atom. The third-order valence-electron chi connectivity index (χ3n) is 4.56. The lowest BCUT2D eigenvalue weighted by atomic mass is 9.93. The van der Waals surface area contributed by atoms with E-state index in [2.05, 4.69) is 22.2 Å². The number of rotatable bonds is 4. The zero-order valence-corrected chi connectivity index (χ0v) is 13.3. The smallest absolute Gasteiger partial charge is 0.268 e. The third kappa shape index (κ3) is 3.52. The summed E-state index contributed by atoms with van der Waals surface area (Å²) in [5.41, 5.74) is 0.789. The fraction of sp³-hybridized carbons (Fsp3) is 0.625. The Morgan fingerprint density at radius 3 is 2.90 bits per heavy atom. The van der Waals surface area contributed by atoms with Crippen molar-refractivity contribution in [3.63, 3.8) is 0 Å². The van der Waals surface area contributed by atoms with Gasteiger partial charge in [0.25, 0.3) is 5.56 Å². The van der Waals surface area contributed by atoms with Crippen molar-refractivity contribution >= 4 is 21.6 Å². The lowest BCUT2D eigenvalue weighted by Crippen LogP contribution is -2.34. The van der Waals surface area contributed by atoms with E-state index in [1.165, 1.54) is 49.9 Å². The fourth-order valence-corrected chi connectivity index (χ4v) is 3.97. The lowest BCUT2D eigenvalue weighted by molar-refractivity contribution is 0.334. The molecular weight excluding hydrogens is 282 g/mol. The maximum Gasteiger partial charge on any atom is 0.268 e. The molecule has 2 N–H and O–H groups in total. The number of thiophene rings is 1. The highest BCUT2D eigenvalue weighted by molar-refractivity contribution is 7.17. The molecule has 0 spiro atoms. The normalized spacial score (nSPS) is 18.7. The van der Waals surface area contributed by atoms with E-state index in [1.54, 1.807) is 0 Å². The summed E-state index contributed by atoms with van der Waals surface area (Å²) < 4.78 is 0.718. The van der Waals surface area contributed by atoms with Crippen LogP contribution in [0.3, 0.4) is 0 Å². The van der Waals surface area contributed by atoms with Gasteiger partial charge in [-0.25, -0.2) is 4.98 Å². The monoisotopic (exact) mass is 305 g/mol. The molecule has 0 unspecified atom stereocenters. The summed E-state index contributed by atoms with van der Waals surface area (Å²) in [4.78, 5) is 19.4. The van der Waals surface area contributed by atoms with E-state index in [-0.39, 0.29) is 5.56 Å². The molecule has 1 saturated carbocycles.